The zero-order valence-electron chi connectivity index (χ0n) is 30.9. The molecule has 0 spiro atoms. The van der Waals surface area contributed by atoms with Crippen LogP contribution < -0.4 is 10.0 Å². The van der Waals surface area contributed by atoms with Gasteiger partial charge in [0.25, 0.3) is 0 Å². The van der Waals surface area contributed by atoms with E-state index in [1.54, 1.807) is 27.7 Å². The maximum absolute atomic E-state index is 14.6. The summed E-state index contributed by atoms with van der Waals surface area (Å²) in [5.74, 6) is -4.04. The molecule has 1 aromatic rings. The molecule has 0 radical (unpaired) electrons. The predicted molar refractivity (Wildman–Crippen MR) is 191 cm³/mol. The van der Waals surface area contributed by atoms with E-state index in [2.05, 4.69) is 17.0 Å². The van der Waals surface area contributed by atoms with Crippen LogP contribution in [0.3, 0.4) is 0 Å². The Morgan fingerprint density at radius 3 is 2.37 bits per heavy atom. The van der Waals surface area contributed by atoms with Crippen molar-refractivity contribution >= 4 is 45.4 Å². The summed E-state index contributed by atoms with van der Waals surface area (Å²) in [6.07, 6.45) is 4.66. The van der Waals surface area contributed by atoms with Crippen LogP contribution in [-0.4, -0.2) is 72.0 Å². The zero-order valence-corrected chi connectivity index (χ0v) is 31.7. The van der Waals surface area contributed by atoms with Gasteiger partial charge in [0.2, 0.25) is 21.8 Å². The number of hydrogen-bond acceptors (Lipinski definition) is 9. The number of ether oxygens (including phenoxy) is 2. The standard InChI is InChI=1S/C38H52FN3O9S/c1-23-9-7-8-10-25-20-38(25,34(46)41-52(48,49)37(6)15-16-37)21-31(43)30-18-28(50-35(47)40-27-13-11-26(39)12-14-27)22-42(30)33(45)29(24(2)17-23)19-32(44)51-36(3,4)5/h8,10-14,23-25,28-30H,7,9,15-22H2,1-6H3,(H,40,47)(H,41,46)/b10-8-/t23?,24-,25-,28-,29+,30+,38-/m1/s1. The Labute approximate surface area is 305 Å². The number of ketones is 1. The Morgan fingerprint density at radius 1 is 1.06 bits per heavy atom. The highest BCUT2D eigenvalue weighted by Gasteiger charge is 2.62. The summed E-state index contributed by atoms with van der Waals surface area (Å²) in [6, 6.07) is 3.96. The number of rotatable bonds is 7. The minimum atomic E-state index is -3.98. The number of Topliss-reactive ketones (excluding diaryl/α,β-unsaturated/α-hetero) is 1. The summed E-state index contributed by atoms with van der Waals surface area (Å²) >= 11 is 0. The number of amides is 3. The first-order valence-corrected chi connectivity index (χ1v) is 19.7. The number of carbonyl (C=O) groups excluding carboxylic acids is 5. The lowest BCUT2D eigenvalue weighted by atomic mass is 9.82. The molecular formula is C38H52FN3O9S. The van der Waals surface area contributed by atoms with Crippen LogP contribution in [0.2, 0.25) is 0 Å². The molecule has 7 atom stereocenters. The molecule has 1 aromatic carbocycles. The highest BCUT2D eigenvalue weighted by molar-refractivity contribution is 7.91. The van der Waals surface area contributed by atoms with Crippen molar-refractivity contribution in [2.24, 2.45) is 29.1 Å². The van der Waals surface area contributed by atoms with Crippen LogP contribution in [0.4, 0.5) is 14.9 Å². The SMILES string of the molecule is CC1CC/C=C\[C@@H]2C[C@@]2(C(=O)NS(=O)(=O)C2(C)CC2)CC(=O)[C@@H]2C[C@@H](OC(=O)Nc3ccc(F)cc3)CN2C(=O)[C@@H](CC(=O)OC(C)(C)C)[C@H](C)C1. The summed E-state index contributed by atoms with van der Waals surface area (Å²) < 4.78 is 52.2. The minimum Gasteiger partial charge on any atom is -0.460 e. The van der Waals surface area contributed by atoms with Crippen LogP contribution in [0.5, 0.6) is 0 Å². The first kappa shape index (κ1) is 39.4. The minimum absolute atomic E-state index is 0.0695. The Kier molecular flexibility index (Phi) is 11.3. The third-order valence-corrected chi connectivity index (χ3v) is 13.1. The van der Waals surface area contributed by atoms with Gasteiger partial charge < -0.3 is 14.4 Å². The van der Waals surface area contributed by atoms with Crippen molar-refractivity contribution in [3.05, 3.63) is 42.2 Å². The number of nitrogens with one attached hydrogen (secondary N) is 2. The maximum Gasteiger partial charge on any atom is 0.411 e. The van der Waals surface area contributed by atoms with Gasteiger partial charge in [-0.05, 0) is 108 Å². The van der Waals surface area contributed by atoms with E-state index >= 15 is 0 Å². The molecule has 14 heteroatoms. The molecule has 52 heavy (non-hydrogen) atoms. The maximum atomic E-state index is 14.6. The molecule has 2 aliphatic heterocycles. The molecule has 286 valence electrons. The van der Waals surface area contributed by atoms with Gasteiger partial charge >= 0.3 is 12.1 Å². The molecule has 4 aliphatic rings. The third-order valence-electron chi connectivity index (χ3n) is 11.0. The molecule has 5 rings (SSSR count). The average molecular weight is 746 g/mol. The van der Waals surface area contributed by atoms with Crippen molar-refractivity contribution in [3.8, 4) is 0 Å². The van der Waals surface area contributed by atoms with Crippen molar-refractivity contribution in [3.63, 3.8) is 0 Å². The number of halogens is 1. The molecule has 0 aromatic heterocycles. The molecule has 3 amide bonds. The van der Waals surface area contributed by atoms with Gasteiger partial charge in [0.15, 0.2) is 5.78 Å². The van der Waals surface area contributed by atoms with Gasteiger partial charge in [-0.2, -0.15) is 0 Å². The smallest absolute Gasteiger partial charge is 0.411 e. The first-order chi connectivity index (χ1) is 24.2. The molecule has 1 unspecified atom stereocenters. The van der Waals surface area contributed by atoms with E-state index in [4.69, 9.17) is 9.47 Å². The van der Waals surface area contributed by atoms with Gasteiger partial charge in [0.1, 0.15) is 17.5 Å². The van der Waals surface area contributed by atoms with E-state index in [1.165, 1.54) is 29.2 Å². The molecule has 1 saturated heterocycles. The fourth-order valence-electron chi connectivity index (χ4n) is 7.48. The van der Waals surface area contributed by atoms with E-state index < -0.39 is 79.3 Å². The molecular weight excluding hydrogens is 693 g/mol. The van der Waals surface area contributed by atoms with Crippen LogP contribution in [0.25, 0.3) is 0 Å². The second-order valence-corrected chi connectivity index (χ2v) is 18.8. The quantitative estimate of drug-likeness (QED) is 0.264. The number of allylic oxidation sites excluding steroid dienone is 2. The molecule has 0 bridgehead atoms. The Balaban J connectivity index is 1.45. The van der Waals surface area contributed by atoms with E-state index in [0.29, 0.717) is 25.7 Å². The van der Waals surface area contributed by atoms with Crippen molar-refractivity contribution in [1.82, 2.24) is 9.62 Å². The fraction of sp³-hybridized carbons (Fsp3) is 0.658. The normalized spacial score (nSPS) is 31.2. The summed E-state index contributed by atoms with van der Waals surface area (Å²) in [5, 5.41) is 2.53. The number of sulfonamides is 1. The Hall–Kier alpha value is -3.81. The lowest BCUT2D eigenvalue weighted by molar-refractivity contribution is -0.160. The molecule has 2 aliphatic carbocycles. The van der Waals surface area contributed by atoms with Crippen molar-refractivity contribution in [1.29, 1.82) is 0 Å². The van der Waals surface area contributed by atoms with Gasteiger partial charge in [0.05, 0.1) is 35.1 Å². The van der Waals surface area contributed by atoms with E-state index in [9.17, 15) is 36.8 Å². The van der Waals surface area contributed by atoms with Gasteiger partial charge in [-0.3, -0.25) is 29.2 Å². The van der Waals surface area contributed by atoms with E-state index in [-0.39, 0.29) is 55.7 Å². The van der Waals surface area contributed by atoms with Crippen LogP contribution in [0, 0.1) is 34.9 Å². The van der Waals surface area contributed by atoms with Crippen molar-refractivity contribution in [2.75, 3.05) is 11.9 Å². The third kappa shape index (κ3) is 9.21. The average Bonchev–Trinajstić information content (AvgIpc) is 3.91. The summed E-state index contributed by atoms with van der Waals surface area (Å²) in [7, 11) is -3.98. The van der Waals surface area contributed by atoms with Gasteiger partial charge in [-0.15, -0.1) is 0 Å². The molecule has 2 saturated carbocycles. The molecule has 2 N–H and O–H groups in total. The number of anilines is 1. The van der Waals surface area contributed by atoms with Crippen molar-refractivity contribution < 1.29 is 46.3 Å². The number of hydrogen-bond donors (Lipinski definition) is 2. The van der Waals surface area contributed by atoms with Gasteiger partial charge in [-0.1, -0.05) is 26.0 Å². The predicted octanol–water partition coefficient (Wildman–Crippen LogP) is 5.67. The van der Waals surface area contributed by atoms with E-state index in [0.717, 1.165) is 6.42 Å². The number of carbonyl (C=O) groups is 5. The largest absolute Gasteiger partial charge is 0.460 e. The zero-order chi connectivity index (χ0) is 38.2. The summed E-state index contributed by atoms with van der Waals surface area (Å²) in [6.45, 7) is 10.6. The lowest BCUT2D eigenvalue weighted by Gasteiger charge is -2.32. The second-order valence-electron chi connectivity index (χ2n) is 16.6. The highest BCUT2D eigenvalue weighted by Crippen LogP contribution is 2.57. The van der Waals surface area contributed by atoms with Crippen LogP contribution in [-0.2, 0) is 38.7 Å². The molecule has 3 fully saturated rings. The van der Waals surface area contributed by atoms with Crippen LogP contribution >= 0.6 is 0 Å². The number of esters is 1. The number of benzene rings is 1. The Bertz CT molecular complexity index is 1700. The number of fused-ring (bicyclic) bond motifs is 2. The monoisotopic (exact) mass is 745 g/mol. The topological polar surface area (TPSA) is 165 Å². The lowest BCUT2D eigenvalue weighted by Crippen LogP contribution is -2.48. The van der Waals surface area contributed by atoms with E-state index in [1.807, 2.05) is 19.1 Å². The number of nitrogens with zero attached hydrogens (tertiary/aromatic N) is 1. The summed E-state index contributed by atoms with van der Waals surface area (Å²) in [5.41, 5.74) is -1.83. The van der Waals surface area contributed by atoms with Gasteiger partial charge in [0, 0.05) is 18.5 Å². The van der Waals surface area contributed by atoms with Crippen LogP contribution in [0.1, 0.15) is 99.3 Å². The molecule has 12 nitrogen and oxygen atoms in total. The van der Waals surface area contributed by atoms with Gasteiger partial charge in [-0.25, -0.2) is 17.6 Å². The summed E-state index contributed by atoms with van der Waals surface area (Å²) in [4.78, 5) is 70.2. The molecule has 2 heterocycles. The first-order valence-electron chi connectivity index (χ1n) is 18.2. The van der Waals surface area contributed by atoms with Crippen LogP contribution in [0.15, 0.2) is 36.4 Å². The fourth-order valence-corrected chi connectivity index (χ4v) is 8.81. The second kappa shape index (κ2) is 14.9. The Morgan fingerprint density at radius 2 is 1.73 bits per heavy atom. The highest BCUT2D eigenvalue weighted by atomic mass is 32.2. The van der Waals surface area contributed by atoms with Crippen molar-refractivity contribution in [2.45, 2.75) is 122 Å².